The molecular formula is C40H24N4S. The minimum atomic E-state index is 0.626. The first-order valence-electron chi connectivity index (χ1n) is 14.9. The zero-order valence-corrected chi connectivity index (χ0v) is 24.9. The second kappa shape index (κ2) is 10.4. The average molecular weight is 593 g/mol. The number of para-hydroxylation sites is 1. The largest absolute Gasteiger partial charge is 0.247 e. The molecule has 0 fully saturated rings. The number of nitrogens with zero attached hydrogens (tertiary/aromatic N) is 4. The smallest absolute Gasteiger partial charge is 0.164 e. The van der Waals surface area contributed by atoms with Crippen LogP contribution in [-0.2, 0) is 0 Å². The van der Waals surface area contributed by atoms with Crippen LogP contribution < -0.4 is 0 Å². The molecule has 4 nitrogen and oxygen atoms in total. The van der Waals surface area contributed by atoms with E-state index in [2.05, 4.69) is 84.9 Å². The van der Waals surface area contributed by atoms with E-state index in [-0.39, 0.29) is 0 Å². The zero-order valence-electron chi connectivity index (χ0n) is 24.1. The van der Waals surface area contributed by atoms with Gasteiger partial charge in [0, 0.05) is 53.2 Å². The molecule has 210 valence electrons. The first-order valence-corrected chi connectivity index (χ1v) is 15.7. The highest BCUT2D eigenvalue weighted by atomic mass is 32.1. The van der Waals surface area contributed by atoms with E-state index in [0.717, 1.165) is 44.2 Å². The molecule has 9 aromatic rings. The SMILES string of the molecule is c1ccc(-c2nc(-c3ccccc3)nc(-c3cccc(-c4nc5ccccc5c5cc6sc7ccccc7c6cc45)c3)n2)cc1. The van der Waals surface area contributed by atoms with Gasteiger partial charge in [0.05, 0.1) is 11.2 Å². The van der Waals surface area contributed by atoms with Crippen LogP contribution in [0, 0.1) is 0 Å². The molecule has 0 amide bonds. The molecule has 45 heavy (non-hydrogen) atoms. The maximum Gasteiger partial charge on any atom is 0.164 e. The summed E-state index contributed by atoms with van der Waals surface area (Å²) in [5.41, 5.74) is 5.75. The van der Waals surface area contributed by atoms with Crippen molar-refractivity contribution in [1.82, 2.24) is 19.9 Å². The molecule has 5 heteroatoms. The quantitative estimate of drug-likeness (QED) is 0.191. The third-order valence-corrected chi connectivity index (χ3v) is 9.43. The molecule has 0 saturated carbocycles. The Hall–Kier alpha value is -5.78. The number of rotatable bonds is 4. The Kier molecular flexibility index (Phi) is 5.96. The van der Waals surface area contributed by atoms with Crippen LogP contribution >= 0.6 is 11.3 Å². The highest BCUT2D eigenvalue weighted by Crippen LogP contribution is 2.41. The molecule has 3 heterocycles. The molecule has 0 aliphatic carbocycles. The van der Waals surface area contributed by atoms with Crippen molar-refractivity contribution >= 4 is 53.2 Å². The summed E-state index contributed by atoms with van der Waals surface area (Å²) < 4.78 is 2.58. The van der Waals surface area contributed by atoms with Crippen molar-refractivity contribution in [3.05, 3.63) is 146 Å². The zero-order chi connectivity index (χ0) is 29.7. The van der Waals surface area contributed by atoms with Gasteiger partial charge in [0.1, 0.15) is 0 Å². The standard InChI is InChI=1S/C40H24N4S/c1-3-12-25(13-4-1)38-42-39(26-14-5-2-6-15-26)44-40(43-38)28-17-11-16-27(22-28)37-33-23-32-30-19-8-10-21-35(30)45-36(32)24-31(33)29-18-7-9-20-34(29)41-37/h1-24H. The Balaban J connectivity index is 1.28. The van der Waals surface area contributed by atoms with Crippen molar-refractivity contribution in [2.75, 3.05) is 0 Å². The van der Waals surface area contributed by atoms with Crippen molar-refractivity contribution in [3.63, 3.8) is 0 Å². The van der Waals surface area contributed by atoms with Gasteiger partial charge in [0.25, 0.3) is 0 Å². The Morgan fingerprint density at radius 2 is 0.911 bits per heavy atom. The molecule has 0 bridgehead atoms. The Morgan fingerprint density at radius 3 is 1.64 bits per heavy atom. The van der Waals surface area contributed by atoms with Gasteiger partial charge in [-0.15, -0.1) is 11.3 Å². The van der Waals surface area contributed by atoms with E-state index >= 15 is 0 Å². The summed E-state index contributed by atoms with van der Waals surface area (Å²) in [5, 5.41) is 6.03. The Bertz CT molecular complexity index is 2480. The van der Waals surface area contributed by atoms with Crippen LogP contribution in [0.3, 0.4) is 0 Å². The molecule has 0 radical (unpaired) electrons. The molecule has 0 spiro atoms. The van der Waals surface area contributed by atoms with Crippen LogP contribution in [0.4, 0.5) is 0 Å². The third-order valence-electron chi connectivity index (χ3n) is 8.29. The summed E-state index contributed by atoms with van der Waals surface area (Å²) >= 11 is 1.84. The number of hydrogen-bond acceptors (Lipinski definition) is 5. The maximum absolute atomic E-state index is 5.26. The summed E-state index contributed by atoms with van der Waals surface area (Å²) in [7, 11) is 0. The van der Waals surface area contributed by atoms with Crippen LogP contribution in [0.2, 0.25) is 0 Å². The highest BCUT2D eigenvalue weighted by Gasteiger charge is 2.17. The van der Waals surface area contributed by atoms with Gasteiger partial charge in [0.15, 0.2) is 17.5 Å². The fourth-order valence-corrected chi connectivity index (χ4v) is 7.26. The van der Waals surface area contributed by atoms with Crippen LogP contribution in [0.25, 0.3) is 87.3 Å². The minimum Gasteiger partial charge on any atom is -0.247 e. The average Bonchev–Trinajstić information content (AvgIpc) is 3.48. The van der Waals surface area contributed by atoms with Crippen LogP contribution in [0.5, 0.6) is 0 Å². The van der Waals surface area contributed by atoms with Crippen LogP contribution in [-0.4, -0.2) is 19.9 Å². The van der Waals surface area contributed by atoms with Crippen molar-refractivity contribution in [2.45, 2.75) is 0 Å². The minimum absolute atomic E-state index is 0.626. The van der Waals surface area contributed by atoms with Crippen molar-refractivity contribution in [2.24, 2.45) is 0 Å². The van der Waals surface area contributed by atoms with Gasteiger partial charge in [-0.2, -0.15) is 0 Å². The first kappa shape index (κ1) is 25.7. The predicted molar refractivity (Wildman–Crippen MR) is 187 cm³/mol. The van der Waals surface area contributed by atoms with Crippen LogP contribution in [0.1, 0.15) is 0 Å². The van der Waals surface area contributed by atoms with Gasteiger partial charge in [-0.3, -0.25) is 0 Å². The van der Waals surface area contributed by atoms with E-state index in [1.165, 1.54) is 25.6 Å². The van der Waals surface area contributed by atoms with Crippen molar-refractivity contribution in [3.8, 4) is 45.4 Å². The Morgan fingerprint density at radius 1 is 0.333 bits per heavy atom. The lowest BCUT2D eigenvalue weighted by atomic mass is 9.97. The molecule has 0 unspecified atom stereocenters. The molecule has 0 saturated heterocycles. The number of benzene rings is 6. The summed E-state index contributed by atoms with van der Waals surface area (Å²) in [4.78, 5) is 20.1. The van der Waals surface area contributed by atoms with Crippen molar-refractivity contribution < 1.29 is 0 Å². The fraction of sp³-hybridized carbons (Fsp3) is 0. The van der Waals surface area contributed by atoms with Crippen molar-refractivity contribution in [1.29, 1.82) is 0 Å². The topological polar surface area (TPSA) is 51.6 Å². The van der Waals surface area contributed by atoms with E-state index in [0.29, 0.717) is 17.5 Å². The molecule has 3 aromatic heterocycles. The molecule has 0 N–H and O–H groups in total. The van der Waals surface area contributed by atoms with E-state index in [9.17, 15) is 0 Å². The number of aromatic nitrogens is 4. The lowest BCUT2D eigenvalue weighted by Gasteiger charge is -2.12. The second-order valence-electron chi connectivity index (χ2n) is 11.1. The maximum atomic E-state index is 5.26. The second-order valence-corrected chi connectivity index (χ2v) is 12.2. The van der Waals surface area contributed by atoms with Gasteiger partial charge in [-0.1, -0.05) is 115 Å². The summed E-state index contributed by atoms with van der Waals surface area (Å²) in [5.74, 6) is 1.91. The van der Waals surface area contributed by atoms with E-state index in [1.807, 2.05) is 72.0 Å². The first-order chi connectivity index (χ1) is 22.3. The van der Waals surface area contributed by atoms with Crippen LogP contribution in [0.15, 0.2) is 146 Å². The van der Waals surface area contributed by atoms with Gasteiger partial charge >= 0.3 is 0 Å². The van der Waals surface area contributed by atoms with Gasteiger partial charge in [-0.05, 0) is 35.7 Å². The molecular weight excluding hydrogens is 569 g/mol. The molecule has 0 atom stereocenters. The Labute approximate surface area is 263 Å². The number of fused-ring (bicyclic) bond motifs is 6. The normalized spacial score (nSPS) is 11.6. The number of hydrogen-bond donors (Lipinski definition) is 0. The van der Waals surface area contributed by atoms with Gasteiger partial charge in [-0.25, -0.2) is 19.9 Å². The predicted octanol–water partition coefficient (Wildman–Crippen LogP) is 10.6. The van der Waals surface area contributed by atoms with E-state index < -0.39 is 0 Å². The number of thiophene rings is 1. The highest BCUT2D eigenvalue weighted by molar-refractivity contribution is 7.25. The van der Waals surface area contributed by atoms with E-state index in [1.54, 1.807) is 0 Å². The lowest BCUT2D eigenvalue weighted by Crippen LogP contribution is -2.00. The molecule has 6 aromatic carbocycles. The summed E-state index contributed by atoms with van der Waals surface area (Å²) in [6.07, 6.45) is 0. The molecule has 0 aliphatic rings. The van der Waals surface area contributed by atoms with Gasteiger partial charge < -0.3 is 0 Å². The monoisotopic (exact) mass is 592 g/mol. The van der Waals surface area contributed by atoms with Gasteiger partial charge in [0.2, 0.25) is 0 Å². The fourth-order valence-electron chi connectivity index (χ4n) is 6.13. The summed E-state index contributed by atoms with van der Waals surface area (Å²) in [6, 6.07) is 50.3. The lowest BCUT2D eigenvalue weighted by molar-refractivity contribution is 1.07. The molecule has 9 rings (SSSR count). The molecule has 0 aliphatic heterocycles. The van der Waals surface area contributed by atoms with E-state index in [4.69, 9.17) is 19.9 Å². The third kappa shape index (κ3) is 4.44. The summed E-state index contributed by atoms with van der Waals surface area (Å²) in [6.45, 7) is 0. The number of pyridine rings is 1.